The molecule has 3 heterocycles. The number of morpholine rings is 1. The molecular weight excluding hydrogens is 480 g/mol. The van der Waals surface area contributed by atoms with Gasteiger partial charge in [0, 0.05) is 50.7 Å². The molecule has 2 saturated heterocycles. The number of amides is 1. The van der Waals surface area contributed by atoms with E-state index in [0.717, 1.165) is 0 Å². The Hall–Kier alpha value is -2.38. The van der Waals surface area contributed by atoms with Crippen molar-refractivity contribution in [3.8, 4) is 0 Å². The van der Waals surface area contributed by atoms with E-state index in [9.17, 15) is 21.6 Å². The molecule has 2 aromatic rings. The van der Waals surface area contributed by atoms with E-state index in [1.807, 2.05) is 0 Å². The minimum atomic E-state index is -3.61. The van der Waals surface area contributed by atoms with Crippen LogP contribution in [0.2, 0.25) is 0 Å². The van der Waals surface area contributed by atoms with Gasteiger partial charge in [0.25, 0.3) is 5.91 Å². The molecule has 2 aliphatic rings. The molecular formula is C22H28N4O6S2. The number of rotatable bonds is 7. The second kappa shape index (κ2) is 10.5. The first-order valence-corrected chi connectivity index (χ1v) is 14.0. The average molecular weight is 509 g/mol. The first kappa shape index (κ1) is 24.7. The molecule has 0 radical (unpaired) electrons. The van der Waals surface area contributed by atoms with Gasteiger partial charge in [0.15, 0.2) is 0 Å². The first-order chi connectivity index (χ1) is 16.3. The summed E-state index contributed by atoms with van der Waals surface area (Å²) >= 11 is 0. The Balaban J connectivity index is 1.28. The molecule has 2 aliphatic heterocycles. The van der Waals surface area contributed by atoms with Crippen LogP contribution in [-0.4, -0.2) is 82.3 Å². The molecule has 0 atom stereocenters. The van der Waals surface area contributed by atoms with Crippen molar-refractivity contribution in [3.05, 3.63) is 54.4 Å². The average Bonchev–Trinajstić information content (AvgIpc) is 2.88. The lowest BCUT2D eigenvalue weighted by molar-refractivity contribution is 0.0730. The summed E-state index contributed by atoms with van der Waals surface area (Å²) < 4.78 is 58.9. The second-order valence-corrected chi connectivity index (χ2v) is 12.2. The molecule has 0 bridgehead atoms. The van der Waals surface area contributed by atoms with E-state index in [1.54, 1.807) is 6.07 Å². The monoisotopic (exact) mass is 508 g/mol. The molecule has 10 nitrogen and oxygen atoms in total. The number of nitrogens with zero attached hydrogens (tertiary/aromatic N) is 3. The Bertz CT molecular complexity index is 1190. The van der Waals surface area contributed by atoms with E-state index in [2.05, 4.69) is 10.3 Å². The van der Waals surface area contributed by atoms with Crippen LogP contribution in [0.15, 0.2) is 58.6 Å². The Labute approximate surface area is 200 Å². The number of piperidine rings is 1. The predicted octanol–water partition coefficient (Wildman–Crippen LogP) is 0.933. The van der Waals surface area contributed by atoms with E-state index in [1.165, 1.54) is 51.3 Å². The van der Waals surface area contributed by atoms with Crippen LogP contribution in [0.3, 0.4) is 0 Å². The van der Waals surface area contributed by atoms with E-state index >= 15 is 0 Å². The molecule has 34 heavy (non-hydrogen) atoms. The fourth-order valence-electron chi connectivity index (χ4n) is 4.06. The number of sulfonamides is 2. The van der Waals surface area contributed by atoms with Gasteiger partial charge in [-0.15, -0.1) is 0 Å². The van der Waals surface area contributed by atoms with Gasteiger partial charge in [-0.3, -0.25) is 9.78 Å². The fraction of sp³-hybridized carbons (Fsp3) is 0.455. The third-order valence-corrected chi connectivity index (χ3v) is 9.92. The summed E-state index contributed by atoms with van der Waals surface area (Å²) in [4.78, 5) is 16.8. The minimum Gasteiger partial charge on any atom is -0.379 e. The zero-order valence-corrected chi connectivity index (χ0v) is 20.3. The van der Waals surface area contributed by atoms with Crippen LogP contribution in [0.5, 0.6) is 0 Å². The maximum atomic E-state index is 12.7. The topological polar surface area (TPSA) is 126 Å². The number of aromatic nitrogens is 1. The van der Waals surface area contributed by atoms with Crippen LogP contribution in [0, 0.1) is 5.92 Å². The summed E-state index contributed by atoms with van der Waals surface area (Å²) in [7, 11) is -7.17. The highest BCUT2D eigenvalue weighted by Crippen LogP contribution is 2.23. The first-order valence-electron chi connectivity index (χ1n) is 11.1. The summed E-state index contributed by atoms with van der Waals surface area (Å²) in [6, 6.07) is 9.03. The maximum absolute atomic E-state index is 12.7. The standard InChI is InChI=1S/C22H28N4O6S2/c27-22(19-3-5-20(6-4-19)33(28,29)26-12-14-32-15-13-26)24-16-18-7-10-25(11-8-18)34(30,31)21-2-1-9-23-17-21/h1-6,9,17-18H,7-8,10-16H2,(H,24,27). The maximum Gasteiger partial charge on any atom is 0.251 e. The number of ether oxygens (including phenoxy) is 1. The molecule has 0 unspecified atom stereocenters. The van der Waals surface area contributed by atoms with Crippen molar-refractivity contribution in [2.24, 2.45) is 5.92 Å². The molecule has 1 aromatic heterocycles. The van der Waals surface area contributed by atoms with Crippen LogP contribution in [0.25, 0.3) is 0 Å². The molecule has 0 aliphatic carbocycles. The largest absolute Gasteiger partial charge is 0.379 e. The fourth-order valence-corrected chi connectivity index (χ4v) is 6.90. The van der Waals surface area contributed by atoms with Gasteiger partial charge >= 0.3 is 0 Å². The predicted molar refractivity (Wildman–Crippen MR) is 124 cm³/mol. The van der Waals surface area contributed by atoms with Crippen molar-refractivity contribution in [2.75, 3.05) is 45.9 Å². The molecule has 12 heteroatoms. The zero-order valence-electron chi connectivity index (χ0n) is 18.7. The number of carbonyl (C=O) groups excluding carboxylic acids is 1. The van der Waals surface area contributed by atoms with Gasteiger partial charge in [-0.1, -0.05) is 0 Å². The summed E-state index contributed by atoms with van der Waals surface area (Å²) in [6.07, 6.45) is 4.15. The molecule has 184 valence electrons. The highest BCUT2D eigenvalue weighted by atomic mass is 32.2. The van der Waals surface area contributed by atoms with Crippen molar-refractivity contribution in [2.45, 2.75) is 22.6 Å². The third kappa shape index (κ3) is 5.47. The third-order valence-electron chi connectivity index (χ3n) is 6.12. The second-order valence-electron chi connectivity index (χ2n) is 8.29. The Morgan fingerprint density at radius 1 is 0.912 bits per heavy atom. The normalized spacial score (nSPS) is 19.1. The van der Waals surface area contributed by atoms with Crippen LogP contribution >= 0.6 is 0 Å². The summed E-state index contributed by atoms with van der Waals surface area (Å²) in [6.45, 7) is 2.55. The summed E-state index contributed by atoms with van der Waals surface area (Å²) in [5, 5.41) is 2.88. The van der Waals surface area contributed by atoms with Crippen LogP contribution in [-0.2, 0) is 24.8 Å². The highest BCUT2D eigenvalue weighted by molar-refractivity contribution is 7.89. The highest BCUT2D eigenvalue weighted by Gasteiger charge is 2.30. The number of carbonyl (C=O) groups is 1. The quantitative estimate of drug-likeness (QED) is 0.590. The van der Waals surface area contributed by atoms with Crippen LogP contribution in [0.1, 0.15) is 23.2 Å². The van der Waals surface area contributed by atoms with Gasteiger partial charge < -0.3 is 10.1 Å². The molecule has 0 spiro atoms. The van der Waals surface area contributed by atoms with Crippen molar-refractivity contribution in [1.29, 1.82) is 0 Å². The number of benzene rings is 1. The lowest BCUT2D eigenvalue weighted by atomic mass is 9.98. The Morgan fingerprint density at radius 2 is 1.53 bits per heavy atom. The van der Waals surface area contributed by atoms with Crippen molar-refractivity contribution in [1.82, 2.24) is 18.9 Å². The number of hydrogen-bond donors (Lipinski definition) is 1. The van der Waals surface area contributed by atoms with Crippen molar-refractivity contribution < 1.29 is 26.4 Å². The smallest absolute Gasteiger partial charge is 0.251 e. The van der Waals surface area contributed by atoms with E-state index in [4.69, 9.17) is 4.74 Å². The van der Waals surface area contributed by atoms with Gasteiger partial charge in [0.2, 0.25) is 20.0 Å². The molecule has 2 fully saturated rings. The summed E-state index contributed by atoms with van der Waals surface area (Å²) in [5.74, 6) is -0.133. The molecule has 1 N–H and O–H groups in total. The molecule has 4 rings (SSSR count). The lowest BCUT2D eigenvalue weighted by Gasteiger charge is -2.31. The van der Waals surface area contributed by atoms with Crippen molar-refractivity contribution >= 4 is 26.0 Å². The lowest BCUT2D eigenvalue weighted by Crippen LogP contribution is -2.41. The molecule has 1 amide bonds. The minimum absolute atomic E-state index is 0.146. The van der Waals surface area contributed by atoms with Gasteiger partial charge in [-0.25, -0.2) is 16.8 Å². The van der Waals surface area contributed by atoms with E-state index in [-0.39, 0.29) is 21.6 Å². The Kier molecular flexibility index (Phi) is 7.63. The number of hydrogen-bond acceptors (Lipinski definition) is 7. The SMILES string of the molecule is O=C(NCC1CCN(S(=O)(=O)c2cccnc2)CC1)c1ccc(S(=O)(=O)N2CCOCC2)cc1. The van der Waals surface area contributed by atoms with Gasteiger partial charge in [-0.2, -0.15) is 8.61 Å². The van der Waals surface area contributed by atoms with Crippen molar-refractivity contribution in [3.63, 3.8) is 0 Å². The molecule has 0 saturated carbocycles. The van der Waals surface area contributed by atoms with Gasteiger partial charge in [0.1, 0.15) is 4.90 Å². The summed E-state index contributed by atoms with van der Waals surface area (Å²) in [5.41, 5.74) is 0.373. The zero-order chi connectivity index (χ0) is 24.2. The Morgan fingerprint density at radius 3 is 2.15 bits per heavy atom. The van der Waals surface area contributed by atoms with Gasteiger partial charge in [-0.05, 0) is 55.2 Å². The van der Waals surface area contributed by atoms with Crippen LogP contribution in [0.4, 0.5) is 0 Å². The van der Waals surface area contributed by atoms with E-state index < -0.39 is 20.0 Å². The number of nitrogens with one attached hydrogen (secondary N) is 1. The van der Waals surface area contributed by atoms with Crippen LogP contribution < -0.4 is 5.32 Å². The van der Waals surface area contributed by atoms with E-state index in [0.29, 0.717) is 64.3 Å². The number of pyridine rings is 1. The van der Waals surface area contributed by atoms with Gasteiger partial charge in [0.05, 0.1) is 18.1 Å². The molecule has 1 aromatic carbocycles.